The molecule has 1 unspecified atom stereocenters. The van der Waals surface area contributed by atoms with Gasteiger partial charge in [-0.2, -0.15) is 0 Å². The first-order valence-electron chi connectivity index (χ1n) is 6.72. The van der Waals surface area contributed by atoms with E-state index in [1.54, 1.807) is 25.1 Å². The quantitative estimate of drug-likeness (QED) is 0.833. The summed E-state index contributed by atoms with van der Waals surface area (Å²) in [6.07, 6.45) is 1.66. The van der Waals surface area contributed by atoms with Gasteiger partial charge in [0.2, 0.25) is 10.0 Å². The summed E-state index contributed by atoms with van der Waals surface area (Å²) in [7, 11) is -0.737. The minimum atomic E-state index is -3.63. The highest BCUT2D eigenvalue weighted by Crippen LogP contribution is 2.42. The lowest BCUT2D eigenvalue weighted by molar-refractivity contribution is -0.142. The highest BCUT2D eigenvalue weighted by atomic mass is 32.2. The van der Waals surface area contributed by atoms with Gasteiger partial charge in [-0.05, 0) is 37.8 Å². The zero-order chi connectivity index (χ0) is 15.8. The molecule has 116 valence electrons. The van der Waals surface area contributed by atoms with Crippen molar-refractivity contribution in [1.29, 1.82) is 0 Å². The molecule has 6 nitrogen and oxygen atoms in total. The number of sulfonamides is 1. The van der Waals surface area contributed by atoms with Gasteiger partial charge in [-0.1, -0.05) is 12.1 Å². The van der Waals surface area contributed by atoms with E-state index in [9.17, 15) is 18.3 Å². The molecule has 1 aromatic carbocycles. The molecule has 0 amide bonds. The third kappa shape index (κ3) is 2.89. The summed E-state index contributed by atoms with van der Waals surface area (Å²) in [5.74, 6) is -0.952. The molecule has 0 aromatic heterocycles. The third-order valence-corrected chi connectivity index (χ3v) is 5.75. The molecule has 7 heteroatoms. The Bertz CT molecular complexity index is 653. The summed E-state index contributed by atoms with van der Waals surface area (Å²) in [5, 5.41) is 12.4. The Morgan fingerprint density at radius 1 is 1.33 bits per heavy atom. The maximum atomic E-state index is 12.3. The number of hydrogen-bond donors (Lipinski definition) is 2. The van der Waals surface area contributed by atoms with Crippen LogP contribution in [-0.2, 0) is 14.8 Å². The summed E-state index contributed by atoms with van der Waals surface area (Å²) in [6.45, 7) is 1.60. The van der Waals surface area contributed by atoms with Gasteiger partial charge < -0.3 is 10.4 Å². The van der Waals surface area contributed by atoms with Gasteiger partial charge in [0.05, 0.1) is 5.69 Å². The second kappa shape index (κ2) is 5.31. The van der Waals surface area contributed by atoms with E-state index in [1.807, 2.05) is 0 Å². The van der Waals surface area contributed by atoms with Crippen LogP contribution in [0.15, 0.2) is 29.2 Å². The van der Waals surface area contributed by atoms with Crippen LogP contribution in [0.1, 0.15) is 19.8 Å². The molecule has 0 radical (unpaired) electrons. The first-order valence-corrected chi connectivity index (χ1v) is 8.16. The molecule has 2 N–H and O–H groups in total. The molecule has 1 aliphatic carbocycles. The molecule has 1 aromatic rings. The number of benzene rings is 1. The topological polar surface area (TPSA) is 86.7 Å². The van der Waals surface area contributed by atoms with E-state index in [0.29, 0.717) is 5.69 Å². The SMILES string of the molecule is CN(C)S(=O)(=O)c1ccccc1NC(C)(C(=O)O)C1CC1. The van der Waals surface area contributed by atoms with Crippen molar-refractivity contribution in [1.82, 2.24) is 4.31 Å². The van der Waals surface area contributed by atoms with Crippen molar-refractivity contribution >= 4 is 21.7 Å². The van der Waals surface area contributed by atoms with Crippen molar-refractivity contribution in [3.8, 4) is 0 Å². The maximum Gasteiger partial charge on any atom is 0.329 e. The minimum Gasteiger partial charge on any atom is -0.480 e. The van der Waals surface area contributed by atoms with Gasteiger partial charge >= 0.3 is 5.97 Å². The van der Waals surface area contributed by atoms with E-state index in [4.69, 9.17) is 0 Å². The largest absolute Gasteiger partial charge is 0.480 e. The van der Waals surface area contributed by atoms with E-state index in [1.165, 1.54) is 20.2 Å². The number of carbonyl (C=O) groups is 1. The van der Waals surface area contributed by atoms with E-state index in [-0.39, 0.29) is 10.8 Å². The Kier molecular flexibility index (Phi) is 3.99. The van der Waals surface area contributed by atoms with Crippen molar-refractivity contribution in [2.75, 3.05) is 19.4 Å². The fourth-order valence-corrected chi connectivity index (χ4v) is 3.30. The van der Waals surface area contributed by atoms with Gasteiger partial charge in [0, 0.05) is 14.1 Å². The van der Waals surface area contributed by atoms with Crippen LogP contribution in [0.5, 0.6) is 0 Å². The van der Waals surface area contributed by atoms with Crippen molar-refractivity contribution in [2.45, 2.75) is 30.2 Å². The number of anilines is 1. The second-order valence-corrected chi connectivity index (χ2v) is 7.81. The van der Waals surface area contributed by atoms with Gasteiger partial charge in [-0.3, -0.25) is 0 Å². The first-order chi connectivity index (χ1) is 9.69. The number of rotatable bonds is 6. The van der Waals surface area contributed by atoms with E-state index >= 15 is 0 Å². The van der Waals surface area contributed by atoms with Gasteiger partial charge in [-0.25, -0.2) is 17.5 Å². The number of hydrogen-bond acceptors (Lipinski definition) is 4. The van der Waals surface area contributed by atoms with Crippen LogP contribution in [-0.4, -0.2) is 43.4 Å². The number of aliphatic carboxylic acids is 1. The van der Waals surface area contributed by atoms with Crippen LogP contribution >= 0.6 is 0 Å². The van der Waals surface area contributed by atoms with Gasteiger partial charge in [0.1, 0.15) is 10.4 Å². The van der Waals surface area contributed by atoms with Crippen molar-refractivity contribution < 1.29 is 18.3 Å². The molecule has 1 saturated carbocycles. The highest BCUT2D eigenvalue weighted by Gasteiger charge is 2.48. The number of carboxylic acids is 1. The van der Waals surface area contributed by atoms with Gasteiger partial charge in [-0.15, -0.1) is 0 Å². The van der Waals surface area contributed by atoms with Crippen molar-refractivity contribution in [3.05, 3.63) is 24.3 Å². The first kappa shape index (κ1) is 15.8. The van der Waals surface area contributed by atoms with E-state index in [2.05, 4.69) is 5.32 Å². The summed E-state index contributed by atoms with van der Waals surface area (Å²) in [5.41, 5.74) is -0.833. The molecule has 0 bridgehead atoms. The Morgan fingerprint density at radius 2 is 1.90 bits per heavy atom. The van der Waals surface area contributed by atoms with E-state index in [0.717, 1.165) is 17.1 Å². The molecule has 0 saturated heterocycles. The van der Waals surface area contributed by atoms with Crippen molar-refractivity contribution in [3.63, 3.8) is 0 Å². The highest BCUT2D eigenvalue weighted by molar-refractivity contribution is 7.89. The van der Waals surface area contributed by atoms with Crippen LogP contribution in [0.25, 0.3) is 0 Å². The number of para-hydroxylation sites is 1. The average molecular weight is 312 g/mol. The molecule has 0 spiro atoms. The maximum absolute atomic E-state index is 12.3. The fraction of sp³-hybridized carbons (Fsp3) is 0.500. The number of nitrogens with zero attached hydrogens (tertiary/aromatic N) is 1. The monoisotopic (exact) mass is 312 g/mol. The lowest BCUT2D eigenvalue weighted by atomic mass is 9.95. The van der Waals surface area contributed by atoms with Gasteiger partial charge in [0.15, 0.2) is 0 Å². The van der Waals surface area contributed by atoms with Gasteiger partial charge in [0.25, 0.3) is 0 Å². The Labute approximate surface area is 124 Å². The molecule has 21 heavy (non-hydrogen) atoms. The zero-order valence-electron chi connectivity index (χ0n) is 12.3. The molecule has 1 aliphatic rings. The Morgan fingerprint density at radius 3 is 2.38 bits per heavy atom. The lowest BCUT2D eigenvalue weighted by Crippen LogP contribution is -2.46. The summed E-state index contributed by atoms with van der Waals surface area (Å²) < 4.78 is 25.8. The number of carboxylic acid groups (broad SMARTS) is 1. The average Bonchev–Trinajstić information content (AvgIpc) is 3.23. The summed E-state index contributed by atoms with van der Waals surface area (Å²) in [4.78, 5) is 11.7. The summed E-state index contributed by atoms with van der Waals surface area (Å²) >= 11 is 0. The smallest absolute Gasteiger partial charge is 0.329 e. The number of nitrogens with one attached hydrogen (secondary N) is 1. The molecule has 2 rings (SSSR count). The molecule has 0 heterocycles. The lowest BCUT2D eigenvalue weighted by Gasteiger charge is -2.29. The molecular weight excluding hydrogens is 292 g/mol. The molecular formula is C14H20N2O4S. The zero-order valence-corrected chi connectivity index (χ0v) is 13.1. The third-order valence-electron chi connectivity index (χ3n) is 3.88. The minimum absolute atomic E-state index is 0.0186. The molecule has 0 aliphatic heterocycles. The van der Waals surface area contributed by atoms with E-state index < -0.39 is 21.5 Å². The Balaban J connectivity index is 2.44. The van der Waals surface area contributed by atoms with Crippen molar-refractivity contribution in [2.24, 2.45) is 5.92 Å². The standard InChI is InChI=1S/C14H20N2O4S/c1-14(13(17)18,10-8-9-10)15-11-6-4-5-7-12(11)21(19,20)16(2)3/h4-7,10,15H,8-9H2,1-3H3,(H,17,18). The summed E-state index contributed by atoms with van der Waals surface area (Å²) in [6, 6.07) is 6.38. The van der Waals surface area contributed by atoms with Crippen LogP contribution in [0, 0.1) is 5.92 Å². The Hall–Kier alpha value is -1.60. The van der Waals surface area contributed by atoms with Crippen LogP contribution in [0.4, 0.5) is 5.69 Å². The molecule has 1 fully saturated rings. The fourth-order valence-electron chi connectivity index (χ4n) is 2.26. The van der Waals surface area contributed by atoms with Crippen LogP contribution in [0.3, 0.4) is 0 Å². The predicted molar refractivity (Wildman–Crippen MR) is 79.7 cm³/mol. The molecule has 1 atom stereocenters. The van der Waals surface area contributed by atoms with Crippen LogP contribution < -0.4 is 5.32 Å². The normalized spacial score (nSPS) is 18.3. The predicted octanol–water partition coefficient (Wildman–Crippen LogP) is 1.60. The van der Waals surface area contributed by atoms with Crippen LogP contribution in [0.2, 0.25) is 0 Å². The second-order valence-electron chi connectivity index (χ2n) is 5.69.